The molecule has 1 heterocycles. The Balaban J connectivity index is 1.84. The van der Waals surface area contributed by atoms with Gasteiger partial charge >= 0.3 is 0 Å². The molecule has 0 saturated heterocycles. The van der Waals surface area contributed by atoms with Gasteiger partial charge in [-0.1, -0.05) is 78.9 Å². The quantitative estimate of drug-likeness (QED) is 0.297. The van der Waals surface area contributed by atoms with Crippen molar-refractivity contribution in [3.63, 3.8) is 0 Å². The van der Waals surface area contributed by atoms with E-state index in [1.165, 1.54) is 53.6 Å². The normalized spacial score (nSPS) is 11.3. The first-order valence-corrected chi connectivity index (χ1v) is 10.1. The van der Waals surface area contributed by atoms with Crippen LogP contribution >= 0.6 is 11.3 Å². The third kappa shape index (κ3) is 2.67. The predicted molar refractivity (Wildman–Crippen MR) is 120 cm³/mol. The number of hydrogen-bond donors (Lipinski definition) is 0. The van der Waals surface area contributed by atoms with E-state index in [-0.39, 0.29) is 0 Å². The van der Waals surface area contributed by atoms with Gasteiger partial charge in [0.25, 0.3) is 0 Å². The molecule has 130 valence electrons. The molecular weight excluding hydrogens is 344 g/mol. The molecule has 0 unspecified atom stereocenters. The average molecular weight is 365 g/mol. The van der Waals surface area contributed by atoms with Crippen LogP contribution in [0.4, 0.5) is 0 Å². The topological polar surface area (TPSA) is 0 Å². The van der Waals surface area contributed by atoms with Gasteiger partial charge in [-0.15, -0.1) is 11.3 Å². The molecule has 0 bridgehead atoms. The summed E-state index contributed by atoms with van der Waals surface area (Å²) in [6.07, 6.45) is 0. The average Bonchev–Trinajstić information content (AvgIpc) is 3.11. The fraction of sp³-hybridized carbons (Fsp3) is 0.0769. The second kappa shape index (κ2) is 6.37. The van der Waals surface area contributed by atoms with Crippen molar-refractivity contribution in [3.8, 4) is 22.3 Å². The van der Waals surface area contributed by atoms with Gasteiger partial charge in [-0.05, 0) is 53.3 Å². The summed E-state index contributed by atoms with van der Waals surface area (Å²) in [5.74, 6) is 0. The lowest BCUT2D eigenvalue weighted by molar-refractivity contribution is 1.39. The van der Waals surface area contributed by atoms with Crippen molar-refractivity contribution in [1.29, 1.82) is 0 Å². The van der Waals surface area contributed by atoms with Crippen LogP contribution in [-0.2, 0) is 0 Å². The Hall–Kier alpha value is -2.90. The highest BCUT2D eigenvalue weighted by molar-refractivity contribution is 7.26. The van der Waals surface area contributed by atoms with Crippen molar-refractivity contribution >= 4 is 31.5 Å². The van der Waals surface area contributed by atoms with Crippen molar-refractivity contribution in [2.45, 2.75) is 13.8 Å². The zero-order valence-corrected chi connectivity index (χ0v) is 16.3. The second-order valence-electron chi connectivity index (χ2n) is 7.12. The highest BCUT2D eigenvalue weighted by Crippen LogP contribution is 2.43. The summed E-state index contributed by atoms with van der Waals surface area (Å²) in [6.45, 7) is 4.47. The summed E-state index contributed by atoms with van der Waals surface area (Å²) in [4.78, 5) is 0. The number of aryl methyl sites for hydroxylation is 2. The Morgan fingerprint density at radius 2 is 1.30 bits per heavy atom. The van der Waals surface area contributed by atoms with Gasteiger partial charge in [0.15, 0.2) is 0 Å². The Morgan fingerprint density at radius 1 is 0.630 bits per heavy atom. The molecule has 0 N–H and O–H groups in total. The number of hydrogen-bond acceptors (Lipinski definition) is 1. The highest BCUT2D eigenvalue weighted by Gasteiger charge is 2.15. The van der Waals surface area contributed by atoms with Crippen LogP contribution in [0.1, 0.15) is 11.1 Å². The van der Waals surface area contributed by atoms with E-state index < -0.39 is 0 Å². The van der Waals surface area contributed by atoms with Crippen LogP contribution in [0.2, 0.25) is 0 Å². The lowest BCUT2D eigenvalue weighted by Crippen LogP contribution is -1.86. The third-order valence-electron chi connectivity index (χ3n) is 5.44. The highest BCUT2D eigenvalue weighted by atomic mass is 32.1. The first-order chi connectivity index (χ1) is 13.2. The van der Waals surface area contributed by atoms with E-state index in [9.17, 15) is 0 Å². The van der Waals surface area contributed by atoms with Gasteiger partial charge in [-0.3, -0.25) is 0 Å². The zero-order valence-electron chi connectivity index (χ0n) is 15.5. The van der Waals surface area contributed by atoms with Gasteiger partial charge in [-0.25, -0.2) is 0 Å². The van der Waals surface area contributed by atoms with Crippen molar-refractivity contribution in [2.24, 2.45) is 0 Å². The lowest BCUT2D eigenvalue weighted by atomic mass is 9.94. The molecule has 0 fully saturated rings. The Morgan fingerprint density at radius 3 is 2.00 bits per heavy atom. The maximum Gasteiger partial charge on any atom is 0.0393 e. The molecule has 5 aromatic rings. The minimum Gasteiger partial charge on any atom is -0.135 e. The first kappa shape index (κ1) is 16.3. The van der Waals surface area contributed by atoms with E-state index in [4.69, 9.17) is 0 Å². The molecule has 1 heteroatoms. The van der Waals surface area contributed by atoms with Crippen LogP contribution in [0.15, 0.2) is 84.9 Å². The number of benzene rings is 4. The fourth-order valence-corrected chi connectivity index (χ4v) is 5.18. The standard InChI is InChI=1S/C26H20S/c1-17-15-23(20-11-7-4-8-12-20)25-22-14-13-21(19-9-5-3-6-10-19)16-24(22)27-26(25)18(17)2/h3-16H,1-2H3. The molecule has 0 saturated carbocycles. The number of rotatable bonds is 2. The molecule has 0 spiro atoms. The van der Waals surface area contributed by atoms with Gasteiger partial charge in [0.05, 0.1) is 0 Å². The first-order valence-electron chi connectivity index (χ1n) is 9.29. The monoisotopic (exact) mass is 364 g/mol. The van der Waals surface area contributed by atoms with E-state index in [2.05, 4.69) is 98.8 Å². The lowest BCUT2D eigenvalue weighted by Gasteiger charge is -2.10. The van der Waals surface area contributed by atoms with Gasteiger partial charge in [0, 0.05) is 20.2 Å². The fourth-order valence-electron chi connectivity index (χ4n) is 3.86. The number of fused-ring (bicyclic) bond motifs is 3. The predicted octanol–water partition coefficient (Wildman–Crippen LogP) is 8.01. The van der Waals surface area contributed by atoms with Crippen LogP contribution in [0.3, 0.4) is 0 Å². The largest absolute Gasteiger partial charge is 0.135 e. The molecule has 0 aliphatic rings. The Kier molecular flexibility index (Phi) is 3.84. The molecule has 1 aromatic heterocycles. The van der Waals surface area contributed by atoms with Crippen LogP contribution in [0.25, 0.3) is 42.4 Å². The van der Waals surface area contributed by atoms with E-state index >= 15 is 0 Å². The molecule has 0 amide bonds. The van der Waals surface area contributed by atoms with E-state index in [1.807, 2.05) is 11.3 Å². The second-order valence-corrected chi connectivity index (χ2v) is 8.17. The summed E-state index contributed by atoms with van der Waals surface area (Å²) in [5, 5.41) is 2.75. The Labute approximate surface area is 163 Å². The minimum atomic E-state index is 1.27. The van der Waals surface area contributed by atoms with Crippen LogP contribution in [0.5, 0.6) is 0 Å². The molecule has 0 aliphatic heterocycles. The summed E-state index contributed by atoms with van der Waals surface area (Å²) in [7, 11) is 0. The molecule has 4 aromatic carbocycles. The molecule has 27 heavy (non-hydrogen) atoms. The zero-order chi connectivity index (χ0) is 18.4. The molecule has 0 aliphatic carbocycles. The summed E-state index contributed by atoms with van der Waals surface area (Å²) in [5.41, 5.74) is 7.94. The van der Waals surface area contributed by atoms with Crippen LogP contribution < -0.4 is 0 Å². The number of thiophene rings is 1. The summed E-state index contributed by atoms with van der Waals surface area (Å²) < 4.78 is 2.77. The summed E-state index contributed by atoms with van der Waals surface area (Å²) >= 11 is 1.92. The molecule has 5 rings (SSSR count). The Bertz CT molecular complexity index is 1260. The summed E-state index contributed by atoms with van der Waals surface area (Å²) in [6, 6.07) is 30.6. The SMILES string of the molecule is Cc1cc(-c2ccccc2)c2c(sc3cc(-c4ccccc4)ccc32)c1C. The third-order valence-corrected chi connectivity index (χ3v) is 6.72. The maximum absolute atomic E-state index is 2.35. The minimum absolute atomic E-state index is 1.27. The molecule has 0 atom stereocenters. The molecule has 0 radical (unpaired) electrons. The van der Waals surface area contributed by atoms with Gasteiger partial charge in [0.1, 0.15) is 0 Å². The van der Waals surface area contributed by atoms with Crippen LogP contribution in [0, 0.1) is 13.8 Å². The molecule has 0 nitrogen and oxygen atoms in total. The van der Waals surface area contributed by atoms with Gasteiger partial charge in [0.2, 0.25) is 0 Å². The van der Waals surface area contributed by atoms with E-state index in [0.29, 0.717) is 0 Å². The van der Waals surface area contributed by atoms with E-state index in [1.54, 1.807) is 0 Å². The van der Waals surface area contributed by atoms with Gasteiger partial charge < -0.3 is 0 Å². The van der Waals surface area contributed by atoms with E-state index in [0.717, 1.165) is 0 Å². The van der Waals surface area contributed by atoms with Gasteiger partial charge in [-0.2, -0.15) is 0 Å². The maximum atomic E-state index is 2.35. The van der Waals surface area contributed by atoms with Crippen molar-refractivity contribution in [3.05, 3.63) is 96.1 Å². The van der Waals surface area contributed by atoms with Crippen molar-refractivity contribution in [2.75, 3.05) is 0 Å². The molecular formula is C26H20S. The van der Waals surface area contributed by atoms with Crippen LogP contribution in [-0.4, -0.2) is 0 Å². The smallest absolute Gasteiger partial charge is 0.0393 e. The van der Waals surface area contributed by atoms with Crippen molar-refractivity contribution < 1.29 is 0 Å². The van der Waals surface area contributed by atoms with Crippen molar-refractivity contribution in [1.82, 2.24) is 0 Å².